The third-order valence-corrected chi connectivity index (χ3v) is 3.59. The number of aryl methyl sites for hydroxylation is 1. The highest BCUT2D eigenvalue weighted by Gasteiger charge is 2.16. The maximum Gasteiger partial charge on any atom is 0.292 e. The van der Waals surface area contributed by atoms with Gasteiger partial charge in [-0.15, -0.1) is 0 Å². The first-order chi connectivity index (χ1) is 11.3. The Hall–Kier alpha value is -2.22. The molecule has 1 amide bonds. The molecule has 0 unspecified atom stereocenters. The summed E-state index contributed by atoms with van der Waals surface area (Å²) in [5, 5.41) is 16.7. The number of hydrogen-bond acceptors (Lipinski definition) is 4. The number of carbonyl (C=O) groups is 1. The van der Waals surface area contributed by atoms with Gasteiger partial charge in [-0.25, -0.2) is 0 Å². The number of benzene rings is 2. The van der Waals surface area contributed by atoms with E-state index in [1.54, 1.807) is 13.0 Å². The molecular formula is C15H11Cl2N3O3S. The van der Waals surface area contributed by atoms with E-state index < -0.39 is 10.8 Å². The predicted octanol–water partition coefficient (Wildman–Crippen LogP) is 4.34. The molecule has 24 heavy (non-hydrogen) atoms. The summed E-state index contributed by atoms with van der Waals surface area (Å²) in [6.45, 7) is 1.74. The number of amides is 1. The minimum Gasteiger partial charge on any atom is -0.327 e. The standard InChI is InChI=1S/C15H11Cl2N3O3S/c1-8-2-3-12(13(4-8)20(22)23)18-15(24)19-14(21)9-5-10(16)7-11(17)6-9/h2-7H,1H3,(H2,18,19,21,24). The van der Waals surface area contributed by atoms with Crippen molar-refractivity contribution >= 4 is 57.8 Å². The van der Waals surface area contributed by atoms with Crippen LogP contribution in [0.3, 0.4) is 0 Å². The van der Waals surface area contributed by atoms with Crippen molar-refractivity contribution in [3.8, 4) is 0 Å². The summed E-state index contributed by atoms with van der Waals surface area (Å²) in [4.78, 5) is 22.7. The van der Waals surface area contributed by atoms with Crippen molar-refractivity contribution in [2.24, 2.45) is 0 Å². The van der Waals surface area contributed by atoms with Crippen LogP contribution < -0.4 is 10.6 Å². The second kappa shape index (κ2) is 7.57. The molecule has 9 heteroatoms. The molecule has 0 aromatic heterocycles. The Morgan fingerprint density at radius 1 is 1.17 bits per heavy atom. The average Bonchev–Trinajstić information content (AvgIpc) is 2.47. The number of anilines is 1. The number of thiocarbonyl (C=S) groups is 1. The van der Waals surface area contributed by atoms with Gasteiger partial charge >= 0.3 is 0 Å². The first kappa shape index (κ1) is 18.1. The van der Waals surface area contributed by atoms with E-state index in [2.05, 4.69) is 10.6 Å². The Labute approximate surface area is 152 Å². The predicted molar refractivity (Wildman–Crippen MR) is 98.0 cm³/mol. The van der Waals surface area contributed by atoms with Gasteiger partial charge in [-0.1, -0.05) is 29.3 Å². The molecule has 124 valence electrons. The summed E-state index contributed by atoms with van der Waals surface area (Å²) < 4.78 is 0. The van der Waals surface area contributed by atoms with Crippen LogP contribution in [-0.2, 0) is 0 Å². The van der Waals surface area contributed by atoms with Crippen LogP contribution in [0.2, 0.25) is 10.0 Å². The van der Waals surface area contributed by atoms with Gasteiger partial charge < -0.3 is 5.32 Å². The Kier molecular flexibility index (Phi) is 5.71. The first-order valence-electron chi connectivity index (χ1n) is 6.60. The van der Waals surface area contributed by atoms with Crippen LogP contribution in [0.15, 0.2) is 36.4 Å². The van der Waals surface area contributed by atoms with Gasteiger partial charge in [-0.2, -0.15) is 0 Å². The third kappa shape index (κ3) is 4.64. The summed E-state index contributed by atoms with van der Waals surface area (Å²) in [6.07, 6.45) is 0. The Bertz CT molecular complexity index is 822. The fraction of sp³-hybridized carbons (Fsp3) is 0.0667. The molecule has 0 fully saturated rings. The van der Waals surface area contributed by atoms with E-state index in [-0.39, 0.29) is 22.1 Å². The van der Waals surface area contributed by atoms with Crippen molar-refractivity contribution in [2.45, 2.75) is 6.92 Å². The highest BCUT2D eigenvalue weighted by molar-refractivity contribution is 7.80. The van der Waals surface area contributed by atoms with E-state index >= 15 is 0 Å². The molecule has 0 heterocycles. The SMILES string of the molecule is Cc1ccc(NC(=S)NC(=O)c2cc(Cl)cc(Cl)c2)c([N+](=O)[O-])c1. The number of carbonyl (C=O) groups excluding carboxylic acids is 1. The molecule has 2 rings (SSSR count). The topological polar surface area (TPSA) is 84.3 Å². The third-order valence-electron chi connectivity index (χ3n) is 2.95. The molecule has 2 N–H and O–H groups in total. The molecule has 0 radical (unpaired) electrons. The summed E-state index contributed by atoms with van der Waals surface area (Å²) in [7, 11) is 0. The van der Waals surface area contributed by atoms with E-state index in [1.807, 2.05) is 0 Å². The number of nitro benzene ring substituents is 1. The van der Waals surface area contributed by atoms with Crippen molar-refractivity contribution in [1.29, 1.82) is 0 Å². The first-order valence-corrected chi connectivity index (χ1v) is 7.76. The minimum absolute atomic E-state index is 0.0805. The summed E-state index contributed by atoms with van der Waals surface area (Å²) >= 11 is 16.7. The van der Waals surface area contributed by atoms with E-state index in [0.29, 0.717) is 10.0 Å². The van der Waals surface area contributed by atoms with Crippen molar-refractivity contribution in [1.82, 2.24) is 5.32 Å². The molecule has 0 spiro atoms. The van der Waals surface area contributed by atoms with Gasteiger partial charge in [0.2, 0.25) is 0 Å². The van der Waals surface area contributed by atoms with Crippen LogP contribution in [0, 0.1) is 17.0 Å². The largest absolute Gasteiger partial charge is 0.327 e. The molecule has 0 aliphatic heterocycles. The zero-order chi connectivity index (χ0) is 17.9. The lowest BCUT2D eigenvalue weighted by Crippen LogP contribution is -2.34. The van der Waals surface area contributed by atoms with Crippen LogP contribution in [0.5, 0.6) is 0 Å². The second-order valence-electron chi connectivity index (χ2n) is 4.84. The molecule has 6 nitrogen and oxygen atoms in total. The van der Waals surface area contributed by atoms with Crippen LogP contribution in [0.1, 0.15) is 15.9 Å². The minimum atomic E-state index is -0.535. The molecule has 0 atom stereocenters. The lowest BCUT2D eigenvalue weighted by atomic mass is 10.2. The maximum atomic E-state index is 12.1. The van der Waals surface area contributed by atoms with Gasteiger partial charge in [-0.3, -0.25) is 20.2 Å². The maximum absolute atomic E-state index is 12.1. The van der Waals surface area contributed by atoms with Gasteiger partial charge in [0, 0.05) is 21.7 Å². The molecular weight excluding hydrogens is 373 g/mol. The van der Waals surface area contributed by atoms with Gasteiger partial charge in [0.1, 0.15) is 5.69 Å². The molecule has 2 aromatic rings. The monoisotopic (exact) mass is 383 g/mol. The summed E-state index contributed by atoms with van der Waals surface area (Å²) in [5.41, 5.74) is 0.989. The second-order valence-corrected chi connectivity index (χ2v) is 6.13. The number of rotatable bonds is 3. The van der Waals surface area contributed by atoms with Crippen molar-refractivity contribution in [3.63, 3.8) is 0 Å². The van der Waals surface area contributed by atoms with Crippen LogP contribution >= 0.6 is 35.4 Å². The summed E-state index contributed by atoms with van der Waals surface area (Å²) in [5.74, 6) is -0.535. The van der Waals surface area contributed by atoms with Gasteiger partial charge in [0.15, 0.2) is 5.11 Å². The number of nitro groups is 1. The molecule has 0 aliphatic carbocycles. The molecule has 0 saturated carbocycles. The van der Waals surface area contributed by atoms with Crippen molar-refractivity contribution < 1.29 is 9.72 Å². The van der Waals surface area contributed by atoms with E-state index in [1.165, 1.54) is 30.3 Å². The smallest absolute Gasteiger partial charge is 0.292 e. The molecule has 0 saturated heterocycles. The number of nitrogens with one attached hydrogen (secondary N) is 2. The number of hydrogen-bond donors (Lipinski definition) is 2. The van der Waals surface area contributed by atoms with Gasteiger partial charge in [-0.05, 0) is 49.0 Å². The average molecular weight is 384 g/mol. The van der Waals surface area contributed by atoms with E-state index in [4.69, 9.17) is 35.4 Å². The number of halogens is 2. The Balaban J connectivity index is 2.14. The van der Waals surface area contributed by atoms with Crippen molar-refractivity contribution in [3.05, 3.63) is 67.7 Å². The quantitative estimate of drug-likeness (QED) is 0.467. The van der Waals surface area contributed by atoms with Crippen LogP contribution in [0.4, 0.5) is 11.4 Å². The normalized spacial score (nSPS) is 10.1. The number of nitrogens with zero attached hydrogens (tertiary/aromatic N) is 1. The fourth-order valence-electron chi connectivity index (χ4n) is 1.91. The Morgan fingerprint density at radius 3 is 2.38 bits per heavy atom. The molecule has 0 aliphatic rings. The highest BCUT2D eigenvalue weighted by Crippen LogP contribution is 2.25. The molecule has 2 aromatic carbocycles. The zero-order valence-electron chi connectivity index (χ0n) is 12.3. The highest BCUT2D eigenvalue weighted by atomic mass is 35.5. The van der Waals surface area contributed by atoms with Crippen LogP contribution in [0.25, 0.3) is 0 Å². The lowest BCUT2D eigenvalue weighted by molar-refractivity contribution is -0.383. The van der Waals surface area contributed by atoms with Crippen LogP contribution in [-0.4, -0.2) is 15.9 Å². The molecule has 0 bridgehead atoms. The zero-order valence-corrected chi connectivity index (χ0v) is 14.6. The van der Waals surface area contributed by atoms with Gasteiger partial charge in [0.25, 0.3) is 11.6 Å². The fourth-order valence-corrected chi connectivity index (χ4v) is 2.64. The van der Waals surface area contributed by atoms with Gasteiger partial charge in [0.05, 0.1) is 4.92 Å². The lowest BCUT2D eigenvalue weighted by Gasteiger charge is -2.10. The summed E-state index contributed by atoms with van der Waals surface area (Å²) in [6, 6.07) is 8.97. The van der Waals surface area contributed by atoms with Crippen molar-refractivity contribution in [2.75, 3.05) is 5.32 Å². The van der Waals surface area contributed by atoms with E-state index in [9.17, 15) is 14.9 Å². The van der Waals surface area contributed by atoms with E-state index in [0.717, 1.165) is 5.56 Å². The Morgan fingerprint density at radius 2 is 1.79 bits per heavy atom.